The summed E-state index contributed by atoms with van der Waals surface area (Å²) in [5, 5.41) is 1.83. The van der Waals surface area contributed by atoms with Gasteiger partial charge in [-0.15, -0.1) is 0 Å². The number of hydrogen-bond donors (Lipinski definition) is 0. The summed E-state index contributed by atoms with van der Waals surface area (Å²) in [6.07, 6.45) is 15.9. The Bertz CT molecular complexity index is 1430. The van der Waals surface area contributed by atoms with Crippen LogP contribution in [-0.2, 0) is 18.2 Å². The van der Waals surface area contributed by atoms with Crippen LogP contribution in [0.15, 0.2) is 55.1 Å². The van der Waals surface area contributed by atoms with E-state index >= 15 is 0 Å². The Hall–Kier alpha value is -1.35. The summed E-state index contributed by atoms with van der Waals surface area (Å²) in [6, 6.07) is 18.1. The van der Waals surface area contributed by atoms with Gasteiger partial charge in [-0.05, 0) is 131 Å². The van der Waals surface area contributed by atoms with Crippen molar-refractivity contribution in [3.8, 4) is 22.3 Å². The zero-order chi connectivity index (χ0) is 40.3. The van der Waals surface area contributed by atoms with Gasteiger partial charge in [0.15, 0.2) is 0 Å². The molecule has 3 aromatic rings. The van der Waals surface area contributed by atoms with Crippen LogP contribution in [0.3, 0.4) is 0 Å². The second-order valence-electron chi connectivity index (χ2n) is 18.2. The molecule has 3 aromatic carbocycles. The summed E-state index contributed by atoms with van der Waals surface area (Å²) in [4.78, 5) is 0. The average molecular weight is 863 g/mol. The summed E-state index contributed by atoms with van der Waals surface area (Å²) in [7, 11) is 3.59. The molecule has 54 heavy (non-hydrogen) atoms. The molecule has 0 saturated heterocycles. The van der Waals surface area contributed by atoms with E-state index in [2.05, 4.69) is 167 Å². The summed E-state index contributed by atoms with van der Waals surface area (Å²) in [5.74, 6) is 2.97. The van der Waals surface area contributed by atoms with Crippen molar-refractivity contribution in [2.24, 2.45) is 0 Å². The molecule has 0 amide bonds. The van der Waals surface area contributed by atoms with Crippen LogP contribution in [0.25, 0.3) is 22.3 Å². The first-order valence-electron chi connectivity index (χ1n) is 21.6. The van der Waals surface area contributed by atoms with E-state index in [1.807, 2.05) is 5.30 Å². The topological polar surface area (TPSA) is 0 Å². The molecule has 0 unspecified atom stereocenters. The fourth-order valence-corrected chi connectivity index (χ4v) is 14.0. The van der Waals surface area contributed by atoms with Crippen LogP contribution in [0.1, 0.15) is 216 Å². The Morgan fingerprint density at radius 2 is 0.833 bits per heavy atom. The Balaban J connectivity index is 0.00000149. The van der Waals surface area contributed by atoms with Crippen LogP contribution in [0, 0.1) is 6.92 Å². The van der Waals surface area contributed by atoms with E-state index in [4.69, 9.17) is 0 Å². The van der Waals surface area contributed by atoms with Crippen molar-refractivity contribution in [2.45, 2.75) is 194 Å². The normalized spacial score (nSPS) is 15.7. The van der Waals surface area contributed by atoms with Crippen LogP contribution in [-0.4, -0.2) is 11.3 Å². The molecule has 0 nitrogen and oxygen atoms in total. The van der Waals surface area contributed by atoms with Gasteiger partial charge in [0.2, 0.25) is 0 Å². The zero-order valence-electron chi connectivity index (χ0n) is 36.4. The number of halogens is 1. The standard InChI is InChI=1S/C48H71P.C3H5.ClH.Pd/c1-30(2)36-26-42(32(5)6)46(43(27-36)33(7)8)40-24-19-25-41(47-44(34(9)10)28-37(31(3)4)29-45(47)35(11)12)48(40)49(38-20-15-13-16-21-38)39-22-17-14-18-23-39;1-3-2;;/h19,24-35,38-39H,13-18,20-23H2,1-12H3;3H,1-2H2;1H;/q;-1;;+2. The Labute approximate surface area is 350 Å². The van der Waals surface area contributed by atoms with E-state index < -0.39 is 7.92 Å². The van der Waals surface area contributed by atoms with E-state index in [1.54, 1.807) is 44.5 Å². The second kappa shape index (κ2) is 22.6. The molecule has 0 aromatic heterocycles. The van der Waals surface area contributed by atoms with Gasteiger partial charge < -0.3 is 0 Å². The van der Waals surface area contributed by atoms with Crippen LogP contribution in [0.5, 0.6) is 0 Å². The molecule has 3 heteroatoms. The molecule has 0 N–H and O–H groups in total. The first-order chi connectivity index (χ1) is 25.7. The Kier molecular flexibility index (Phi) is 19.6. The molecule has 2 aliphatic rings. The van der Waals surface area contributed by atoms with Gasteiger partial charge in [-0.25, -0.2) is 19.6 Å². The fraction of sp³-hybridized carbons (Fsp3) is 0.588. The third-order valence-corrected chi connectivity index (χ3v) is 16.3. The van der Waals surface area contributed by atoms with Crippen LogP contribution < -0.4 is 5.30 Å². The van der Waals surface area contributed by atoms with E-state index in [-0.39, 0.29) is 0 Å². The summed E-state index contributed by atoms with van der Waals surface area (Å²) in [6.45, 7) is 35.6. The molecule has 2 fully saturated rings. The van der Waals surface area contributed by atoms with Gasteiger partial charge in [0.1, 0.15) is 5.30 Å². The molecular formula is C51H77ClPPd+. The molecule has 2 aliphatic carbocycles. The van der Waals surface area contributed by atoms with E-state index in [0.29, 0.717) is 35.5 Å². The summed E-state index contributed by atoms with van der Waals surface area (Å²) >= 11 is 2.22. The maximum absolute atomic E-state index is 4.49. The van der Waals surface area contributed by atoms with Crippen molar-refractivity contribution >= 4 is 22.8 Å². The molecule has 0 atom stereocenters. The van der Waals surface area contributed by atoms with Gasteiger partial charge in [0, 0.05) is 19.0 Å². The number of benzene rings is 3. The maximum atomic E-state index is 4.49. The van der Waals surface area contributed by atoms with Crippen molar-refractivity contribution in [3.05, 3.63) is 95.4 Å². The monoisotopic (exact) mass is 861 g/mol. The molecule has 0 aliphatic heterocycles. The molecule has 302 valence electrons. The van der Waals surface area contributed by atoms with E-state index in [0.717, 1.165) is 11.3 Å². The van der Waals surface area contributed by atoms with Gasteiger partial charge in [-0.1, -0.05) is 138 Å². The third kappa shape index (κ3) is 11.4. The number of allylic oxidation sites excluding steroid dienone is 1. The third-order valence-electron chi connectivity index (χ3n) is 12.2. The molecule has 2 saturated carbocycles. The van der Waals surface area contributed by atoms with E-state index in [1.165, 1.54) is 81.4 Å². The van der Waals surface area contributed by atoms with Gasteiger partial charge in [0.05, 0.1) is 11.3 Å². The second-order valence-corrected chi connectivity index (χ2v) is 21.3. The molecular weight excluding hydrogens is 785 g/mol. The molecule has 5 rings (SSSR count). The van der Waals surface area contributed by atoms with Crippen molar-refractivity contribution in [2.75, 3.05) is 0 Å². The molecule has 0 spiro atoms. The van der Waals surface area contributed by atoms with Gasteiger partial charge >= 0.3 is 27.7 Å². The summed E-state index contributed by atoms with van der Waals surface area (Å²) < 4.78 is 0. The van der Waals surface area contributed by atoms with Crippen LogP contribution in [0.2, 0.25) is 0 Å². The van der Waals surface area contributed by atoms with Crippen molar-refractivity contribution in [3.63, 3.8) is 0 Å². The first kappa shape index (κ1) is 47.0. The Morgan fingerprint density at radius 3 is 1.07 bits per heavy atom. The minimum absolute atomic E-state index is 0.477. The van der Waals surface area contributed by atoms with E-state index in [9.17, 15) is 0 Å². The SMILES string of the molecule is C=C[CH2-].CC(C)c1cc(C(C)C)c(-c2cccc(-c3c(C(C)C)cc(C(C)C)cc3C(C)C)c2[PH+](C2CCCCC2)C2CCCCC2)c(C(C)C)c1.[Cl][Pd+]. The first-order valence-corrected chi connectivity index (χ1v) is 25.3. The van der Waals surface area contributed by atoms with Crippen molar-refractivity contribution in [1.29, 1.82) is 0 Å². The van der Waals surface area contributed by atoms with Gasteiger partial charge in [-0.2, -0.15) is 0 Å². The number of hydrogen-bond acceptors (Lipinski definition) is 0. The molecule has 0 radical (unpaired) electrons. The number of rotatable bonds is 11. The fourth-order valence-electron chi connectivity index (χ4n) is 9.38. The van der Waals surface area contributed by atoms with Crippen LogP contribution in [0.4, 0.5) is 0 Å². The van der Waals surface area contributed by atoms with Crippen molar-refractivity contribution < 1.29 is 18.2 Å². The average Bonchev–Trinajstić information content (AvgIpc) is 3.15. The Morgan fingerprint density at radius 1 is 0.556 bits per heavy atom. The predicted octanol–water partition coefficient (Wildman–Crippen LogP) is 17.0. The zero-order valence-corrected chi connectivity index (χ0v) is 39.7. The predicted molar refractivity (Wildman–Crippen MR) is 245 cm³/mol. The molecule has 0 heterocycles. The van der Waals surface area contributed by atoms with Gasteiger partial charge in [-0.3, -0.25) is 0 Å². The molecule has 0 bridgehead atoms. The van der Waals surface area contributed by atoms with Crippen molar-refractivity contribution in [1.82, 2.24) is 0 Å². The quantitative estimate of drug-likeness (QED) is 0.102. The minimum atomic E-state index is -0.896. The summed E-state index contributed by atoms with van der Waals surface area (Å²) in [5.41, 5.74) is 17.5. The van der Waals surface area contributed by atoms with Gasteiger partial charge in [0.25, 0.3) is 0 Å². The van der Waals surface area contributed by atoms with Crippen LogP contribution >= 0.6 is 17.5 Å².